The lowest BCUT2D eigenvalue weighted by molar-refractivity contribution is -0.141. The highest BCUT2D eigenvalue weighted by Gasteiger charge is 2.59. The molecule has 106 valence electrons. The summed E-state index contributed by atoms with van der Waals surface area (Å²) < 4.78 is 38.1. The van der Waals surface area contributed by atoms with E-state index in [9.17, 15) is 18.7 Å². The Hall–Kier alpha value is -1.58. The average Bonchev–Trinajstić information content (AvgIpc) is 2.54. The molecule has 1 saturated heterocycles. The van der Waals surface area contributed by atoms with Crippen LogP contribution in [-0.4, -0.2) is 46.5 Å². The van der Waals surface area contributed by atoms with Crippen molar-refractivity contribution in [3.63, 3.8) is 0 Å². The highest BCUT2D eigenvalue weighted by Crippen LogP contribution is 2.42. The van der Waals surface area contributed by atoms with E-state index in [-0.39, 0.29) is 12.4 Å². The summed E-state index contributed by atoms with van der Waals surface area (Å²) in [7, 11) is 1.29. The van der Waals surface area contributed by atoms with Gasteiger partial charge in [-0.2, -0.15) is 13.8 Å². The number of alkyl halides is 2. The summed E-state index contributed by atoms with van der Waals surface area (Å²) in [6, 6.07) is 1.19. The second-order valence-electron chi connectivity index (χ2n) is 4.14. The molecule has 2 heterocycles. The van der Waals surface area contributed by atoms with Gasteiger partial charge in [0.15, 0.2) is 6.10 Å². The Kier molecular flexibility index (Phi) is 3.52. The van der Waals surface area contributed by atoms with E-state index in [0.717, 1.165) is 6.20 Å². The van der Waals surface area contributed by atoms with E-state index >= 15 is 0 Å². The monoisotopic (exact) mass is 277 g/mol. The number of aromatic nitrogens is 2. The molecule has 3 atom stereocenters. The van der Waals surface area contributed by atoms with Crippen molar-refractivity contribution in [2.24, 2.45) is 0 Å². The second-order valence-corrected chi connectivity index (χ2v) is 4.14. The summed E-state index contributed by atoms with van der Waals surface area (Å²) in [6.07, 6.45) is -4.19. The van der Waals surface area contributed by atoms with E-state index in [4.69, 9.17) is 10.5 Å². The van der Waals surface area contributed by atoms with Crippen LogP contribution in [0.15, 0.2) is 17.1 Å². The number of hydrogen-bond donors (Lipinski definition) is 2. The zero-order valence-corrected chi connectivity index (χ0v) is 9.99. The molecule has 1 fully saturated rings. The van der Waals surface area contributed by atoms with Gasteiger partial charge in [0.2, 0.25) is 6.23 Å². The van der Waals surface area contributed by atoms with E-state index in [1.165, 1.54) is 13.2 Å². The fourth-order valence-electron chi connectivity index (χ4n) is 1.87. The molecule has 0 saturated carbocycles. The molecular formula is C10H13F2N3O4. The SMILES string of the molecule is COCC1OC(n2ccc(N)nc2=O)C(F)(F)C1O. The normalized spacial score (nSPS) is 29.6. The van der Waals surface area contributed by atoms with Gasteiger partial charge >= 0.3 is 11.6 Å². The average molecular weight is 277 g/mol. The van der Waals surface area contributed by atoms with Crippen molar-refractivity contribution in [1.82, 2.24) is 9.55 Å². The third-order valence-electron chi connectivity index (χ3n) is 2.81. The van der Waals surface area contributed by atoms with Crippen LogP contribution < -0.4 is 11.4 Å². The maximum Gasteiger partial charge on any atom is 0.351 e. The van der Waals surface area contributed by atoms with Crippen LogP contribution in [0.2, 0.25) is 0 Å². The summed E-state index contributed by atoms with van der Waals surface area (Å²) in [5.41, 5.74) is 4.30. The molecular weight excluding hydrogens is 264 g/mol. The fraction of sp³-hybridized carbons (Fsp3) is 0.600. The van der Waals surface area contributed by atoms with Gasteiger partial charge in [-0.05, 0) is 6.07 Å². The first-order valence-corrected chi connectivity index (χ1v) is 5.43. The minimum absolute atomic E-state index is 0.0865. The number of aliphatic hydroxyl groups is 1. The third kappa shape index (κ3) is 2.31. The Morgan fingerprint density at radius 3 is 2.95 bits per heavy atom. The number of nitrogens with zero attached hydrogens (tertiary/aromatic N) is 2. The Balaban J connectivity index is 2.36. The maximum absolute atomic E-state index is 13.9. The Bertz CT molecular complexity index is 522. The van der Waals surface area contributed by atoms with Crippen molar-refractivity contribution in [3.05, 3.63) is 22.7 Å². The molecule has 1 aromatic heterocycles. The number of nitrogen functional groups attached to an aromatic ring is 1. The lowest BCUT2D eigenvalue weighted by atomic mass is 10.1. The van der Waals surface area contributed by atoms with Crippen molar-refractivity contribution in [1.29, 1.82) is 0 Å². The van der Waals surface area contributed by atoms with Crippen LogP contribution >= 0.6 is 0 Å². The van der Waals surface area contributed by atoms with Crippen LogP contribution in [0.25, 0.3) is 0 Å². The van der Waals surface area contributed by atoms with Gasteiger partial charge in [-0.1, -0.05) is 0 Å². The van der Waals surface area contributed by atoms with Crippen LogP contribution in [0.5, 0.6) is 0 Å². The fourth-order valence-corrected chi connectivity index (χ4v) is 1.87. The Morgan fingerprint density at radius 2 is 2.37 bits per heavy atom. The largest absolute Gasteiger partial charge is 0.384 e. The molecule has 0 aromatic carbocycles. The number of anilines is 1. The molecule has 0 amide bonds. The molecule has 3 unspecified atom stereocenters. The minimum atomic E-state index is -3.63. The molecule has 3 N–H and O–H groups in total. The predicted octanol–water partition coefficient (Wildman–Crippen LogP) is -0.635. The van der Waals surface area contributed by atoms with Gasteiger partial charge in [0.05, 0.1) is 6.61 Å². The summed E-state index contributed by atoms with van der Waals surface area (Å²) in [5.74, 6) is -3.72. The molecule has 0 bridgehead atoms. The lowest BCUT2D eigenvalue weighted by Crippen LogP contribution is -2.41. The first kappa shape index (κ1) is 13.8. The van der Waals surface area contributed by atoms with Crippen molar-refractivity contribution in [3.8, 4) is 0 Å². The number of methoxy groups -OCH3 is 1. The molecule has 0 aliphatic carbocycles. The van der Waals surface area contributed by atoms with Gasteiger partial charge in [0.1, 0.15) is 11.9 Å². The number of hydrogen-bond acceptors (Lipinski definition) is 6. The quantitative estimate of drug-likeness (QED) is 0.762. The topological polar surface area (TPSA) is 99.6 Å². The first-order chi connectivity index (χ1) is 8.87. The molecule has 1 aliphatic rings. The van der Waals surface area contributed by atoms with Crippen LogP contribution in [0.3, 0.4) is 0 Å². The number of halogens is 2. The van der Waals surface area contributed by atoms with Crippen molar-refractivity contribution in [2.75, 3.05) is 19.5 Å². The molecule has 0 spiro atoms. The molecule has 1 aliphatic heterocycles. The van der Waals surface area contributed by atoms with E-state index in [1.807, 2.05) is 0 Å². The molecule has 19 heavy (non-hydrogen) atoms. The number of aliphatic hydroxyl groups excluding tert-OH is 1. The van der Waals surface area contributed by atoms with Crippen molar-refractivity contribution in [2.45, 2.75) is 24.4 Å². The predicted molar refractivity (Wildman–Crippen MR) is 59.6 cm³/mol. The highest BCUT2D eigenvalue weighted by molar-refractivity contribution is 5.23. The zero-order valence-electron chi connectivity index (χ0n) is 9.99. The molecule has 9 heteroatoms. The van der Waals surface area contributed by atoms with Crippen molar-refractivity contribution >= 4 is 5.82 Å². The number of rotatable bonds is 3. The first-order valence-electron chi connectivity index (χ1n) is 5.43. The van der Waals surface area contributed by atoms with E-state index < -0.39 is 30.0 Å². The molecule has 7 nitrogen and oxygen atoms in total. The second kappa shape index (κ2) is 4.83. The van der Waals surface area contributed by atoms with Gasteiger partial charge in [0.25, 0.3) is 0 Å². The van der Waals surface area contributed by atoms with Gasteiger partial charge in [-0.3, -0.25) is 4.57 Å². The van der Waals surface area contributed by atoms with E-state index in [2.05, 4.69) is 9.72 Å². The summed E-state index contributed by atoms with van der Waals surface area (Å²) in [6.45, 7) is -0.218. The highest BCUT2D eigenvalue weighted by atomic mass is 19.3. The van der Waals surface area contributed by atoms with Gasteiger partial charge in [0, 0.05) is 13.3 Å². The van der Waals surface area contributed by atoms with Crippen molar-refractivity contribution < 1.29 is 23.4 Å². The van der Waals surface area contributed by atoms with E-state index in [0.29, 0.717) is 4.57 Å². The third-order valence-corrected chi connectivity index (χ3v) is 2.81. The van der Waals surface area contributed by atoms with Crippen LogP contribution in [0, 0.1) is 0 Å². The zero-order chi connectivity index (χ0) is 14.2. The summed E-state index contributed by atoms with van der Waals surface area (Å²) in [5, 5.41) is 9.51. The molecule has 1 aromatic rings. The number of ether oxygens (including phenoxy) is 2. The Morgan fingerprint density at radius 1 is 1.68 bits per heavy atom. The van der Waals surface area contributed by atoms with Crippen LogP contribution in [-0.2, 0) is 9.47 Å². The minimum Gasteiger partial charge on any atom is -0.384 e. The number of nitrogens with two attached hydrogens (primary N) is 1. The van der Waals surface area contributed by atoms with Gasteiger partial charge < -0.3 is 20.3 Å². The van der Waals surface area contributed by atoms with E-state index in [1.54, 1.807) is 0 Å². The van der Waals surface area contributed by atoms with Gasteiger partial charge in [-0.25, -0.2) is 4.79 Å². The van der Waals surface area contributed by atoms with Crippen LogP contribution in [0.1, 0.15) is 6.23 Å². The smallest absolute Gasteiger partial charge is 0.351 e. The van der Waals surface area contributed by atoms with Crippen LogP contribution in [0.4, 0.5) is 14.6 Å². The maximum atomic E-state index is 13.9. The standard InChI is InChI=1S/C10H13F2N3O4/c1-18-4-5-7(16)10(11,12)8(19-5)15-3-2-6(13)14-9(15)17/h2-3,5,7-8,16H,4H2,1H3,(H2,13,14,17). The summed E-state index contributed by atoms with van der Waals surface area (Å²) >= 11 is 0. The Labute approximate surface area is 106 Å². The summed E-state index contributed by atoms with van der Waals surface area (Å²) in [4.78, 5) is 14.9. The van der Waals surface area contributed by atoms with Gasteiger partial charge in [-0.15, -0.1) is 0 Å². The lowest BCUT2D eigenvalue weighted by Gasteiger charge is -2.20. The molecule has 2 rings (SSSR count). The molecule has 0 radical (unpaired) electrons.